The van der Waals surface area contributed by atoms with Crippen LogP contribution in [0.1, 0.15) is 42.1 Å². The van der Waals surface area contributed by atoms with Crippen molar-refractivity contribution in [1.82, 2.24) is 14.8 Å². The highest BCUT2D eigenvalue weighted by Crippen LogP contribution is 2.41. The standard InChI is InChI=1S/C20H19ClN4O/c1-13-3-5-15(6-4-13)18-11-19(16-7-9-17(21)10-8-16)25-20(22-12-23-25)24(18)14(2)26/h3-10,12,18-19H,11H2,1-2H3/t18-,19+/m1/s1. The van der Waals surface area contributed by atoms with Crippen LogP contribution in [0.15, 0.2) is 54.9 Å². The number of amides is 1. The second-order valence-electron chi connectivity index (χ2n) is 6.62. The van der Waals surface area contributed by atoms with Crippen LogP contribution >= 0.6 is 11.6 Å². The maximum Gasteiger partial charge on any atom is 0.231 e. The van der Waals surface area contributed by atoms with Crippen LogP contribution in [0.2, 0.25) is 5.02 Å². The van der Waals surface area contributed by atoms with Gasteiger partial charge in [0.15, 0.2) is 0 Å². The molecule has 1 aromatic heterocycles. The van der Waals surface area contributed by atoms with E-state index in [4.69, 9.17) is 11.6 Å². The average molecular weight is 367 g/mol. The minimum Gasteiger partial charge on any atom is -0.275 e. The molecule has 0 saturated carbocycles. The van der Waals surface area contributed by atoms with E-state index in [0.717, 1.165) is 17.5 Å². The van der Waals surface area contributed by atoms with E-state index in [1.807, 2.05) is 28.9 Å². The van der Waals surface area contributed by atoms with E-state index in [9.17, 15) is 4.79 Å². The van der Waals surface area contributed by atoms with Crippen LogP contribution in [0, 0.1) is 6.92 Å². The Morgan fingerprint density at radius 1 is 1.04 bits per heavy atom. The van der Waals surface area contributed by atoms with E-state index >= 15 is 0 Å². The first kappa shape index (κ1) is 16.8. The number of carbonyl (C=O) groups excluding carboxylic acids is 1. The van der Waals surface area contributed by atoms with E-state index < -0.39 is 0 Å². The molecule has 132 valence electrons. The van der Waals surface area contributed by atoms with Gasteiger partial charge in [0.1, 0.15) is 6.33 Å². The summed E-state index contributed by atoms with van der Waals surface area (Å²) in [5, 5.41) is 5.09. The highest BCUT2D eigenvalue weighted by Gasteiger charge is 2.37. The minimum atomic E-state index is -0.0921. The van der Waals surface area contributed by atoms with Gasteiger partial charge in [-0.25, -0.2) is 4.68 Å². The van der Waals surface area contributed by atoms with Gasteiger partial charge in [-0.1, -0.05) is 53.6 Å². The molecule has 6 heteroatoms. The van der Waals surface area contributed by atoms with Gasteiger partial charge in [0.2, 0.25) is 11.9 Å². The van der Waals surface area contributed by atoms with Crippen molar-refractivity contribution in [3.63, 3.8) is 0 Å². The molecule has 0 N–H and O–H groups in total. The van der Waals surface area contributed by atoms with Crippen molar-refractivity contribution in [1.29, 1.82) is 0 Å². The quantitative estimate of drug-likeness (QED) is 0.678. The topological polar surface area (TPSA) is 51.0 Å². The summed E-state index contributed by atoms with van der Waals surface area (Å²) in [6.45, 7) is 3.63. The number of rotatable bonds is 2. The molecule has 4 rings (SSSR count). The number of aryl methyl sites for hydroxylation is 1. The van der Waals surface area contributed by atoms with Gasteiger partial charge in [-0.05, 0) is 36.6 Å². The average Bonchev–Trinajstić information content (AvgIpc) is 3.11. The molecular weight excluding hydrogens is 348 g/mol. The number of aromatic nitrogens is 3. The molecular formula is C20H19ClN4O. The third-order valence-electron chi connectivity index (χ3n) is 4.88. The number of fused-ring (bicyclic) bond motifs is 1. The normalized spacial score (nSPS) is 19.3. The van der Waals surface area contributed by atoms with Gasteiger partial charge in [0, 0.05) is 11.9 Å². The molecule has 2 aromatic carbocycles. The first-order valence-corrected chi connectivity index (χ1v) is 8.93. The molecule has 1 amide bonds. The smallest absolute Gasteiger partial charge is 0.231 e. The summed E-state index contributed by atoms with van der Waals surface area (Å²) in [6.07, 6.45) is 2.23. The Labute approximate surface area is 157 Å². The van der Waals surface area contributed by atoms with Gasteiger partial charge in [-0.2, -0.15) is 10.1 Å². The van der Waals surface area contributed by atoms with Gasteiger partial charge in [0.05, 0.1) is 12.1 Å². The minimum absolute atomic E-state index is 0.00771. The van der Waals surface area contributed by atoms with E-state index in [1.165, 1.54) is 11.9 Å². The number of hydrogen-bond acceptors (Lipinski definition) is 3. The summed E-state index contributed by atoms with van der Waals surface area (Å²) in [6, 6.07) is 16.0. The summed E-state index contributed by atoms with van der Waals surface area (Å²) in [4.78, 5) is 18.5. The molecule has 1 aliphatic rings. The zero-order valence-corrected chi connectivity index (χ0v) is 15.4. The fourth-order valence-corrected chi connectivity index (χ4v) is 3.71. The zero-order valence-electron chi connectivity index (χ0n) is 14.6. The maximum atomic E-state index is 12.4. The molecule has 0 spiro atoms. The molecule has 2 atom stereocenters. The van der Waals surface area contributed by atoms with Crippen LogP contribution in [0.25, 0.3) is 0 Å². The van der Waals surface area contributed by atoms with Crippen LogP contribution in [-0.4, -0.2) is 20.7 Å². The van der Waals surface area contributed by atoms with E-state index in [0.29, 0.717) is 11.0 Å². The number of hydrogen-bond donors (Lipinski definition) is 0. The summed E-state index contributed by atoms with van der Waals surface area (Å²) in [5.74, 6) is 0.536. The van der Waals surface area contributed by atoms with Crippen molar-refractivity contribution < 1.29 is 4.79 Å². The Morgan fingerprint density at radius 2 is 1.65 bits per heavy atom. The molecule has 0 aliphatic carbocycles. The lowest BCUT2D eigenvalue weighted by Gasteiger charge is -2.38. The summed E-state index contributed by atoms with van der Waals surface area (Å²) < 4.78 is 1.83. The van der Waals surface area contributed by atoms with Gasteiger partial charge in [0.25, 0.3) is 0 Å². The Bertz CT molecular complexity index is 933. The highest BCUT2D eigenvalue weighted by atomic mass is 35.5. The number of benzene rings is 2. The van der Waals surface area contributed by atoms with Crippen molar-refractivity contribution in [2.24, 2.45) is 0 Å². The SMILES string of the molecule is CC(=O)N1c2ncnn2[C@H](c2ccc(Cl)cc2)C[C@@H]1c1ccc(C)cc1. The van der Waals surface area contributed by atoms with Crippen molar-refractivity contribution >= 4 is 23.5 Å². The number of carbonyl (C=O) groups is 1. The summed E-state index contributed by atoms with van der Waals surface area (Å²) >= 11 is 6.05. The molecule has 0 radical (unpaired) electrons. The fraction of sp³-hybridized carbons (Fsp3) is 0.250. The van der Waals surface area contributed by atoms with Crippen LogP contribution in [0.3, 0.4) is 0 Å². The second-order valence-corrected chi connectivity index (χ2v) is 7.06. The van der Waals surface area contributed by atoms with Crippen LogP contribution < -0.4 is 4.90 Å². The van der Waals surface area contributed by atoms with Gasteiger partial charge in [-0.15, -0.1) is 0 Å². The maximum absolute atomic E-state index is 12.4. The molecule has 3 aromatic rings. The number of anilines is 1. The monoisotopic (exact) mass is 366 g/mol. The van der Waals surface area contributed by atoms with Crippen molar-refractivity contribution in [2.75, 3.05) is 4.90 Å². The van der Waals surface area contributed by atoms with Crippen molar-refractivity contribution in [2.45, 2.75) is 32.4 Å². The van der Waals surface area contributed by atoms with Crippen LogP contribution in [0.4, 0.5) is 5.95 Å². The highest BCUT2D eigenvalue weighted by molar-refractivity contribution is 6.30. The van der Waals surface area contributed by atoms with Gasteiger partial charge >= 0.3 is 0 Å². The second kappa shape index (κ2) is 6.57. The Kier molecular flexibility index (Phi) is 4.24. The van der Waals surface area contributed by atoms with Gasteiger partial charge in [-0.3, -0.25) is 9.69 Å². The molecule has 26 heavy (non-hydrogen) atoms. The lowest BCUT2D eigenvalue weighted by molar-refractivity contribution is -0.117. The van der Waals surface area contributed by atoms with E-state index in [-0.39, 0.29) is 18.0 Å². The summed E-state index contributed by atoms with van der Waals surface area (Å²) in [7, 11) is 0. The van der Waals surface area contributed by atoms with Crippen molar-refractivity contribution in [3.05, 3.63) is 76.6 Å². The Hall–Kier alpha value is -2.66. The Morgan fingerprint density at radius 3 is 2.31 bits per heavy atom. The number of nitrogens with zero attached hydrogens (tertiary/aromatic N) is 4. The third kappa shape index (κ3) is 2.88. The Balaban J connectivity index is 1.82. The molecule has 0 fully saturated rings. The first-order chi connectivity index (χ1) is 12.5. The first-order valence-electron chi connectivity index (χ1n) is 8.56. The predicted octanol–water partition coefficient (Wildman–Crippen LogP) is 4.33. The molecule has 2 heterocycles. The molecule has 0 unspecified atom stereocenters. The predicted molar refractivity (Wildman–Crippen MR) is 101 cm³/mol. The third-order valence-corrected chi connectivity index (χ3v) is 5.13. The molecule has 5 nitrogen and oxygen atoms in total. The van der Waals surface area contributed by atoms with E-state index in [2.05, 4.69) is 41.3 Å². The molecule has 0 saturated heterocycles. The van der Waals surface area contributed by atoms with E-state index in [1.54, 1.807) is 11.8 Å². The number of halogens is 1. The van der Waals surface area contributed by atoms with Gasteiger partial charge < -0.3 is 0 Å². The van der Waals surface area contributed by atoms with Crippen molar-refractivity contribution in [3.8, 4) is 0 Å². The van der Waals surface area contributed by atoms with Crippen LogP contribution in [0.5, 0.6) is 0 Å². The lowest BCUT2D eigenvalue weighted by Crippen LogP contribution is -2.41. The molecule has 1 aliphatic heterocycles. The summed E-state index contributed by atoms with van der Waals surface area (Å²) in [5.41, 5.74) is 3.39. The lowest BCUT2D eigenvalue weighted by atomic mass is 9.91. The largest absolute Gasteiger partial charge is 0.275 e. The zero-order chi connectivity index (χ0) is 18.3. The van der Waals surface area contributed by atoms with Crippen LogP contribution in [-0.2, 0) is 4.79 Å². The molecule has 0 bridgehead atoms. The fourth-order valence-electron chi connectivity index (χ4n) is 3.59.